The Morgan fingerprint density at radius 3 is 2.36 bits per heavy atom. The maximum Gasteiger partial charge on any atom is 0.387 e. The third-order valence-electron chi connectivity index (χ3n) is 3.62. The van der Waals surface area contributed by atoms with E-state index in [1.165, 1.54) is 13.2 Å². The molecule has 0 aromatic heterocycles. The predicted octanol–water partition coefficient (Wildman–Crippen LogP) is 0.385. The normalized spacial score (nSPS) is 12.4. The van der Waals surface area contributed by atoms with Gasteiger partial charge in [0.25, 0.3) is 11.8 Å². The number of carbonyl (C=O) groups is 2. The van der Waals surface area contributed by atoms with Crippen LogP contribution in [-0.4, -0.2) is 57.8 Å². The summed E-state index contributed by atoms with van der Waals surface area (Å²) < 4.78 is 34.1. The molecule has 0 aliphatic heterocycles. The van der Waals surface area contributed by atoms with Crippen LogP contribution < -0.4 is 25.0 Å². The van der Waals surface area contributed by atoms with Crippen molar-refractivity contribution in [3.05, 3.63) is 23.8 Å². The third kappa shape index (κ3) is 9.50. The van der Waals surface area contributed by atoms with E-state index in [9.17, 15) is 18.4 Å². The summed E-state index contributed by atoms with van der Waals surface area (Å²) in [5.74, 6) is -0.121. The van der Waals surface area contributed by atoms with E-state index >= 15 is 0 Å². The van der Waals surface area contributed by atoms with Gasteiger partial charge in [-0.2, -0.15) is 8.78 Å². The Labute approximate surface area is 164 Å². The Bertz CT molecular complexity index is 663. The number of amides is 2. The van der Waals surface area contributed by atoms with Crippen LogP contribution in [0, 0.1) is 0 Å². The second-order valence-electron chi connectivity index (χ2n) is 7.57. The smallest absolute Gasteiger partial charge is 0.387 e. The lowest BCUT2D eigenvalue weighted by molar-refractivity contribution is -0.862. The van der Waals surface area contributed by atoms with Crippen molar-refractivity contribution >= 4 is 11.8 Å². The van der Waals surface area contributed by atoms with Crippen LogP contribution in [0.25, 0.3) is 0 Å². The minimum Gasteiger partial charge on any atom is -0.493 e. The van der Waals surface area contributed by atoms with E-state index in [-0.39, 0.29) is 41.9 Å². The van der Waals surface area contributed by atoms with Crippen molar-refractivity contribution in [1.82, 2.24) is 10.6 Å². The van der Waals surface area contributed by atoms with Crippen LogP contribution in [0.3, 0.4) is 0 Å². The Kier molecular flexibility index (Phi) is 9.11. The van der Waals surface area contributed by atoms with Crippen LogP contribution in [0.5, 0.6) is 11.5 Å². The molecule has 1 aromatic rings. The van der Waals surface area contributed by atoms with Gasteiger partial charge in [-0.05, 0) is 44.9 Å². The average Bonchev–Trinajstić information content (AvgIpc) is 2.53. The molecule has 28 heavy (non-hydrogen) atoms. The summed E-state index contributed by atoms with van der Waals surface area (Å²) in [7, 11) is 3.14. The van der Waals surface area contributed by atoms with Crippen LogP contribution in [0.2, 0.25) is 0 Å². The Balaban J connectivity index is 2.42. The standard InChI is InChI=1S/C19H29F2N3O4/c1-19(2,3)23-17(26)12-24(4)11-16(25)22-9-8-13-6-7-14(28-18(20)21)15(10-13)27-5/h6-7,10,18H,8-9,11-12H2,1-5H3,(H,22,25)(H,23,26)/p+1. The number of ether oxygens (including phenoxy) is 2. The van der Waals surface area contributed by atoms with Crippen molar-refractivity contribution in [1.29, 1.82) is 0 Å². The second kappa shape index (κ2) is 10.8. The number of rotatable bonds is 10. The van der Waals surface area contributed by atoms with Crippen LogP contribution >= 0.6 is 0 Å². The molecule has 1 rings (SSSR count). The highest BCUT2D eigenvalue weighted by molar-refractivity contribution is 5.79. The summed E-state index contributed by atoms with van der Waals surface area (Å²) in [6.45, 7) is 3.51. The molecule has 0 bridgehead atoms. The molecule has 1 unspecified atom stereocenters. The number of alkyl halides is 2. The van der Waals surface area contributed by atoms with E-state index in [0.717, 1.165) is 10.5 Å². The summed E-state index contributed by atoms with van der Waals surface area (Å²) in [6.07, 6.45) is 0.501. The van der Waals surface area contributed by atoms with Crippen LogP contribution in [0.15, 0.2) is 18.2 Å². The molecular weight excluding hydrogens is 372 g/mol. The summed E-state index contributed by atoms with van der Waals surface area (Å²) in [5.41, 5.74) is 0.500. The summed E-state index contributed by atoms with van der Waals surface area (Å²) in [6, 6.07) is 4.65. The third-order valence-corrected chi connectivity index (χ3v) is 3.62. The van der Waals surface area contributed by atoms with Gasteiger partial charge in [-0.3, -0.25) is 9.59 Å². The topological polar surface area (TPSA) is 81.1 Å². The molecule has 0 saturated heterocycles. The Morgan fingerprint density at radius 1 is 1.14 bits per heavy atom. The van der Waals surface area contributed by atoms with Gasteiger partial charge in [0.2, 0.25) is 0 Å². The highest BCUT2D eigenvalue weighted by Crippen LogP contribution is 2.29. The first-order valence-corrected chi connectivity index (χ1v) is 9.01. The van der Waals surface area contributed by atoms with E-state index in [0.29, 0.717) is 13.0 Å². The minimum atomic E-state index is -2.93. The van der Waals surface area contributed by atoms with Crippen molar-refractivity contribution in [3.8, 4) is 11.5 Å². The second-order valence-corrected chi connectivity index (χ2v) is 7.57. The lowest BCUT2D eigenvalue weighted by atomic mass is 10.1. The number of carbonyl (C=O) groups excluding carboxylic acids is 2. The largest absolute Gasteiger partial charge is 0.493 e. The van der Waals surface area contributed by atoms with Gasteiger partial charge in [0.1, 0.15) is 0 Å². The van der Waals surface area contributed by atoms with Crippen molar-refractivity contribution in [3.63, 3.8) is 0 Å². The quantitative estimate of drug-likeness (QED) is 0.529. The van der Waals surface area contributed by atoms with Crippen molar-refractivity contribution in [2.45, 2.75) is 39.3 Å². The van der Waals surface area contributed by atoms with Gasteiger partial charge >= 0.3 is 6.61 Å². The first-order valence-electron chi connectivity index (χ1n) is 9.01. The van der Waals surface area contributed by atoms with Crippen molar-refractivity contribution in [2.24, 2.45) is 0 Å². The molecule has 0 spiro atoms. The number of quaternary nitrogens is 1. The van der Waals surface area contributed by atoms with Gasteiger partial charge in [-0.15, -0.1) is 0 Å². The van der Waals surface area contributed by atoms with Gasteiger partial charge in [0.15, 0.2) is 24.6 Å². The molecule has 7 nitrogen and oxygen atoms in total. The summed E-state index contributed by atoms with van der Waals surface area (Å²) >= 11 is 0. The molecule has 0 saturated carbocycles. The van der Waals surface area contributed by atoms with Gasteiger partial charge in [-0.1, -0.05) is 6.07 Å². The Morgan fingerprint density at radius 2 is 1.79 bits per heavy atom. The summed E-state index contributed by atoms with van der Waals surface area (Å²) in [5, 5.41) is 5.64. The molecule has 3 N–H and O–H groups in total. The molecule has 0 radical (unpaired) electrons. The highest BCUT2D eigenvalue weighted by Gasteiger charge is 2.18. The lowest BCUT2D eigenvalue weighted by Crippen LogP contribution is -3.11. The molecule has 0 fully saturated rings. The average molecular weight is 402 g/mol. The zero-order chi connectivity index (χ0) is 21.3. The van der Waals surface area contributed by atoms with E-state index in [4.69, 9.17) is 4.74 Å². The van der Waals surface area contributed by atoms with Crippen LogP contribution in [-0.2, 0) is 16.0 Å². The summed E-state index contributed by atoms with van der Waals surface area (Å²) in [4.78, 5) is 24.7. The fraction of sp³-hybridized carbons (Fsp3) is 0.579. The highest BCUT2D eigenvalue weighted by atomic mass is 19.3. The molecule has 2 amide bonds. The number of methoxy groups -OCH3 is 1. The monoisotopic (exact) mass is 402 g/mol. The molecular formula is C19H30F2N3O4+. The fourth-order valence-corrected chi connectivity index (χ4v) is 2.54. The number of hydrogen-bond donors (Lipinski definition) is 3. The zero-order valence-corrected chi connectivity index (χ0v) is 17.0. The molecule has 158 valence electrons. The number of halogens is 2. The minimum absolute atomic E-state index is 0.0379. The van der Waals surface area contributed by atoms with Crippen molar-refractivity contribution < 1.29 is 32.7 Å². The van der Waals surface area contributed by atoms with Gasteiger partial charge in [0, 0.05) is 12.1 Å². The molecule has 9 heteroatoms. The van der Waals surface area contributed by atoms with E-state index in [1.807, 2.05) is 20.8 Å². The molecule has 0 heterocycles. The molecule has 1 atom stereocenters. The maximum atomic E-state index is 12.3. The van der Waals surface area contributed by atoms with Gasteiger partial charge in [0.05, 0.1) is 14.2 Å². The number of hydrogen-bond acceptors (Lipinski definition) is 4. The molecule has 1 aromatic carbocycles. The maximum absolute atomic E-state index is 12.3. The Hall–Kier alpha value is -2.42. The van der Waals surface area contributed by atoms with Gasteiger partial charge < -0.3 is 25.0 Å². The SMILES string of the molecule is COc1cc(CCNC(=O)C[NH+](C)CC(=O)NC(C)(C)C)ccc1OC(F)F. The number of benzene rings is 1. The van der Waals surface area contributed by atoms with E-state index < -0.39 is 6.61 Å². The number of likely N-dealkylation sites (N-methyl/N-ethyl adjacent to an activating group) is 1. The first-order chi connectivity index (χ1) is 13.0. The number of nitrogens with one attached hydrogen (secondary N) is 3. The van der Waals surface area contributed by atoms with E-state index in [1.54, 1.807) is 19.2 Å². The zero-order valence-electron chi connectivity index (χ0n) is 17.0. The lowest BCUT2D eigenvalue weighted by Gasteiger charge is -2.21. The van der Waals surface area contributed by atoms with Crippen molar-refractivity contribution in [2.75, 3.05) is 33.8 Å². The van der Waals surface area contributed by atoms with E-state index in [2.05, 4.69) is 15.4 Å². The fourth-order valence-electron chi connectivity index (χ4n) is 2.54. The molecule has 0 aliphatic carbocycles. The first kappa shape index (κ1) is 23.6. The van der Waals surface area contributed by atoms with Crippen LogP contribution in [0.4, 0.5) is 8.78 Å². The predicted molar refractivity (Wildman–Crippen MR) is 101 cm³/mol. The molecule has 0 aliphatic rings. The van der Waals surface area contributed by atoms with Crippen LogP contribution in [0.1, 0.15) is 26.3 Å². The van der Waals surface area contributed by atoms with Gasteiger partial charge in [-0.25, -0.2) is 0 Å².